The first-order valence-corrected chi connectivity index (χ1v) is 8.05. The average Bonchev–Trinajstić information content (AvgIpc) is 2.56. The fourth-order valence-electron chi connectivity index (χ4n) is 2.37. The third-order valence-corrected chi connectivity index (χ3v) is 3.62. The summed E-state index contributed by atoms with van der Waals surface area (Å²) in [5.41, 5.74) is 1.19. The molecule has 22 heavy (non-hydrogen) atoms. The number of rotatable bonds is 4. The SMILES string of the molecule is CCOC(=O)C=CC1CCCCC1.CN(C)c1ccncc1. The van der Waals surface area contributed by atoms with Gasteiger partial charge in [0.05, 0.1) is 6.61 Å². The van der Waals surface area contributed by atoms with E-state index in [0.717, 1.165) is 0 Å². The van der Waals surface area contributed by atoms with Crippen LogP contribution in [-0.4, -0.2) is 31.7 Å². The Labute approximate surface area is 134 Å². The van der Waals surface area contributed by atoms with Gasteiger partial charge in [0, 0.05) is 38.3 Å². The zero-order chi connectivity index (χ0) is 16.2. The maximum Gasteiger partial charge on any atom is 0.330 e. The zero-order valence-corrected chi connectivity index (χ0v) is 14.0. The minimum Gasteiger partial charge on any atom is -0.463 e. The van der Waals surface area contributed by atoms with Gasteiger partial charge >= 0.3 is 5.97 Å². The molecule has 1 aromatic heterocycles. The fraction of sp³-hybridized carbons (Fsp3) is 0.556. The van der Waals surface area contributed by atoms with Crippen molar-refractivity contribution in [3.05, 3.63) is 36.7 Å². The van der Waals surface area contributed by atoms with Crippen LogP contribution in [0.5, 0.6) is 0 Å². The number of aromatic nitrogens is 1. The highest BCUT2D eigenvalue weighted by Gasteiger charge is 2.10. The lowest BCUT2D eigenvalue weighted by Crippen LogP contribution is -2.07. The molecule has 122 valence electrons. The number of esters is 1. The van der Waals surface area contributed by atoms with E-state index in [1.54, 1.807) is 18.5 Å². The lowest BCUT2D eigenvalue weighted by atomic mass is 9.89. The summed E-state index contributed by atoms with van der Waals surface area (Å²) in [6, 6.07) is 3.94. The van der Waals surface area contributed by atoms with Gasteiger partial charge in [-0.25, -0.2) is 4.79 Å². The van der Waals surface area contributed by atoms with Crippen molar-refractivity contribution in [2.75, 3.05) is 25.6 Å². The molecule has 1 fully saturated rings. The molecule has 0 bridgehead atoms. The van der Waals surface area contributed by atoms with Crippen LogP contribution in [0.2, 0.25) is 0 Å². The quantitative estimate of drug-likeness (QED) is 0.626. The molecule has 1 saturated carbocycles. The summed E-state index contributed by atoms with van der Waals surface area (Å²) in [4.78, 5) is 16.9. The lowest BCUT2D eigenvalue weighted by Gasteiger charge is -2.17. The zero-order valence-electron chi connectivity index (χ0n) is 14.0. The van der Waals surface area contributed by atoms with Gasteiger partial charge in [-0.05, 0) is 37.8 Å². The van der Waals surface area contributed by atoms with Crippen LogP contribution in [0.15, 0.2) is 36.7 Å². The number of allylic oxidation sites excluding steroid dienone is 1. The molecule has 0 saturated heterocycles. The Morgan fingerprint density at radius 1 is 1.27 bits per heavy atom. The molecule has 0 aromatic carbocycles. The molecule has 0 radical (unpaired) electrons. The standard InChI is InChI=1S/C11H18O2.C7H10N2/c1-2-13-11(12)9-8-10-6-4-3-5-7-10;1-9(2)7-3-5-8-6-4-7/h8-10H,2-7H2,1H3;3-6H,1-2H3. The van der Waals surface area contributed by atoms with Crippen molar-refractivity contribution in [3.8, 4) is 0 Å². The minimum atomic E-state index is -0.201. The van der Waals surface area contributed by atoms with Crippen molar-refractivity contribution in [2.45, 2.75) is 39.0 Å². The van der Waals surface area contributed by atoms with Crippen molar-refractivity contribution in [2.24, 2.45) is 5.92 Å². The Morgan fingerprint density at radius 3 is 2.41 bits per heavy atom. The van der Waals surface area contributed by atoms with Crippen molar-refractivity contribution in [1.29, 1.82) is 0 Å². The second-order valence-electron chi connectivity index (χ2n) is 5.61. The Kier molecular flexibility index (Phi) is 8.96. The van der Waals surface area contributed by atoms with Gasteiger partial charge in [0.25, 0.3) is 0 Å². The second kappa shape index (κ2) is 10.8. The smallest absolute Gasteiger partial charge is 0.330 e. The van der Waals surface area contributed by atoms with Gasteiger partial charge in [0.15, 0.2) is 0 Å². The molecule has 1 heterocycles. The summed E-state index contributed by atoms with van der Waals surface area (Å²) in [5.74, 6) is 0.409. The predicted octanol–water partition coefficient (Wildman–Crippen LogP) is 3.83. The largest absolute Gasteiger partial charge is 0.463 e. The maximum atomic E-state index is 11.0. The van der Waals surface area contributed by atoms with Crippen LogP contribution in [0.4, 0.5) is 5.69 Å². The van der Waals surface area contributed by atoms with Gasteiger partial charge in [-0.2, -0.15) is 0 Å². The monoisotopic (exact) mass is 304 g/mol. The van der Waals surface area contributed by atoms with E-state index in [1.165, 1.54) is 37.8 Å². The summed E-state index contributed by atoms with van der Waals surface area (Å²) >= 11 is 0. The summed E-state index contributed by atoms with van der Waals surface area (Å²) in [5, 5.41) is 0. The Hall–Kier alpha value is -1.84. The maximum absolute atomic E-state index is 11.0. The molecule has 0 aliphatic heterocycles. The molecule has 0 spiro atoms. The van der Waals surface area contributed by atoms with Crippen LogP contribution >= 0.6 is 0 Å². The fourth-order valence-corrected chi connectivity index (χ4v) is 2.37. The van der Waals surface area contributed by atoms with Gasteiger partial charge in [-0.3, -0.25) is 4.98 Å². The molecule has 1 aromatic rings. The van der Waals surface area contributed by atoms with Crippen molar-refractivity contribution >= 4 is 11.7 Å². The van der Waals surface area contributed by atoms with Gasteiger partial charge in [0.2, 0.25) is 0 Å². The highest BCUT2D eigenvalue weighted by atomic mass is 16.5. The van der Waals surface area contributed by atoms with E-state index < -0.39 is 0 Å². The molecular formula is C18H28N2O2. The van der Waals surface area contributed by atoms with E-state index in [9.17, 15) is 4.79 Å². The molecule has 1 aliphatic carbocycles. The van der Waals surface area contributed by atoms with E-state index in [2.05, 4.69) is 4.98 Å². The normalized spacial score (nSPS) is 15.0. The number of ether oxygens (including phenoxy) is 1. The minimum absolute atomic E-state index is 0.201. The van der Waals surface area contributed by atoms with Crippen LogP contribution in [0.1, 0.15) is 39.0 Å². The predicted molar refractivity (Wildman–Crippen MR) is 90.9 cm³/mol. The molecular weight excluding hydrogens is 276 g/mol. The molecule has 0 N–H and O–H groups in total. The highest BCUT2D eigenvalue weighted by molar-refractivity contribution is 5.81. The molecule has 4 heteroatoms. The van der Waals surface area contributed by atoms with Crippen LogP contribution in [0.25, 0.3) is 0 Å². The number of hydrogen-bond donors (Lipinski definition) is 0. The molecule has 1 aliphatic rings. The van der Waals surface area contributed by atoms with Gasteiger partial charge in [-0.1, -0.05) is 25.3 Å². The first kappa shape index (κ1) is 18.2. The summed E-state index contributed by atoms with van der Waals surface area (Å²) in [6.07, 6.45) is 13.6. The van der Waals surface area contributed by atoms with Crippen molar-refractivity contribution < 1.29 is 9.53 Å². The van der Waals surface area contributed by atoms with E-state index >= 15 is 0 Å². The van der Waals surface area contributed by atoms with Crippen LogP contribution in [0.3, 0.4) is 0 Å². The third-order valence-electron chi connectivity index (χ3n) is 3.62. The van der Waals surface area contributed by atoms with Crippen LogP contribution < -0.4 is 4.90 Å². The number of hydrogen-bond acceptors (Lipinski definition) is 4. The highest BCUT2D eigenvalue weighted by Crippen LogP contribution is 2.24. The summed E-state index contributed by atoms with van der Waals surface area (Å²) in [6.45, 7) is 2.29. The molecule has 4 nitrogen and oxygen atoms in total. The molecule has 0 atom stereocenters. The molecule has 0 unspecified atom stereocenters. The number of carbonyl (C=O) groups excluding carboxylic acids is 1. The number of nitrogens with zero attached hydrogens (tertiary/aromatic N) is 2. The van der Waals surface area contributed by atoms with Crippen molar-refractivity contribution in [1.82, 2.24) is 4.98 Å². The summed E-state index contributed by atoms with van der Waals surface area (Å²) < 4.78 is 4.81. The Morgan fingerprint density at radius 2 is 1.91 bits per heavy atom. The second-order valence-corrected chi connectivity index (χ2v) is 5.61. The number of anilines is 1. The van der Waals surface area contributed by atoms with E-state index in [1.807, 2.05) is 44.1 Å². The van der Waals surface area contributed by atoms with Gasteiger partial charge in [-0.15, -0.1) is 0 Å². The first-order valence-electron chi connectivity index (χ1n) is 8.05. The van der Waals surface area contributed by atoms with Gasteiger partial charge < -0.3 is 9.64 Å². The van der Waals surface area contributed by atoms with Crippen LogP contribution in [0, 0.1) is 5.92 Å². The third kappa shape index (κ3) is 7.81. The van der Waals surface area contributed by atoms with Crippen LogP contribution in [-0.2, 0) is 9.53 Å². The van der Waals surface area contributed by atoms with Crippen molar-refractivity contribution in [3.63, 3.8) is 0 Å². The topological polar surface area (TPSA) is 42.4 Å². The first-order chi connectivity index (χ1) is 10.6. The van der Waals surface area contributed by atoms with E-state index in [-0.39, 0.29) is 5.97 Å². The Balaban J connectivity index is 0.000000235. The molecule has 2 rings (SSSR count). The molecule has 0 amide bonds. The average molecular weight is 304 g/mol. The van der Waals surface area contributed by atoms with Gasteiger partial charge in [0.1, 0.15) is 0 Å². The van der Waals surface area contributed by atoms with E-state index in [0.29, 0.717) is 12.5 Å². The Bertz CT molecular complexity index is 438. The lowest BCUT2D eigenvalue weighted by molar-refractivity contribution is -0.137. The number of pyridine rings is 1. The van der Waals surface area contributed by atoms with E-state index in [4.69, 9.17) is 4.74 Å². The summed E-state index contributed by atoms with van der Waals surface area (Å²) in [7, 11) is 4.02. The number of carbonyl (C=O) groups is 1.